The minimum Gasteiger partial charge on any atom is -0.318 e. The van der Waals surface area contributed by atoms with Crippen LogP contribution >= 0.6 is 11.3 Å². The Hall–Kier alpha value is -1.20. The molecular formula is C8H10N4S. The number of rotatable bonds is 2. The molecule has 0 fully saturated rings. The maximum absolute atomic E-state index is 5.96. The van der Waals surface area contributed by atoms with Crippen molar-refractivity contribution >= 4 is 11.3 Å². The van der Waals surface area contributed by atoms with E-state index in [2.05, 4.69) is 28.4 Å². The van der Waals surface area contributed by atoms with E-state index in [4.69, 9.17) is 5.73 Å². The second-order valence-corrected chi connectivity index (χ2v) is 4.14. The summed E-state index contributed by atoms with van der Waals surface area (Å²) in [6.07, 6.45) is 1.65. The van der Waals surface area contributed by atoms with Crippen LogP contribution in [0, 0.1) is 6.92 Å². The van der Waals surface area contributed by atoms with Gasteiger partial charge in [0.2, 0.25) is 0 Å². The highest BCUT2D eigenvalue weighted by molar-refractivity contribution is 7.12. The number of thiophene rings is 1. The summed E-state index contributed by atoms with van der Waals surface area (Å²) < 4.78 is 0. The minimum absolute atomic E-state index is 0.155. The van der Waals surface area contributed by atoms with Crippen LogP contribution in [0.15, 0.2) is 18.3 Å². The largest absolute Gasteiger partial charge is 0.318 e. The van der Waals surface area contributed by atoms with Crippen molar-refractivity contribution in [3.63, 3.8) is 0 Å². The molecule has 4 nitrogen and oxygen atoms in total. The SMILES string of the molecule is Cc1ccc(C(N)c2cn[nH]n2)s1. The number of nitrogens with one attached hydrogen (secondary N) is 1. The van der Waals surface area contributed by atoms with Gasteiger partial charge in [-0.25, -0.2) is 0 Å². The monoisotopic (exact) mass is 194 g/mol. The zero-order valence-electron chi connectivity index (χ0n) is 7.19. The zero-order valence-corrected chi connectivity index (χ0v) is 8.01. The molecule has 0 saturated carbocycles. The summed E-state index contributed by atoms with van der Waals surface area (Å²) in [6, 6.07) is 3.93. The third-order valence-corrected chi connectivity index (χ3v) is 2.90. The summed E-state index contributed by atoms with van der Waals surface area (Å²) in [5.74, 6) is 0. The van der Waals surface area contributed by atoms with Crippen LogP contribution in [-0.4, -0.2) is 15.4 Å². The molecular weight excluding hydrogens is 184 g/mol. The van der Waals surface area contributed by atoms with Crippen LogP contribution in [0.3, 0.4) is 0 Å². The minimum atomic E-state index is -0.155. The maximum atomic E-state index is 5.96. The van der Waals surface area contributed by atoms with Crippen molar-refractivity contribution in [3.8, 4) is 0 Å². The lowest BCUT2D eigenvalue weighted by Gasteiger charge is -2.03. The van der Waals surface area contributed by atoms with Gasteiger partial charge in [0, 0.05) is 9.75 Å². The van der Waals surface area contributed by atoms with Gasteiger partial charge in [0.25, 0.3) is 0 Å². The number of aromatic amines is 1. The van der Waals surface area contributed by atoms with Gasteiger partial charge in [-0.2, -0.15) is 15.4 Å². The van der Waals surface area contributed by atoms with Gasteiger partial charge in [0.15, 0.2) is 0 Å². The number of hydrogen-bond donors (Lipinski definition) is 2. The van der Waals surface area contributed by atoms with E-state index in [0.717, 1.165) is 10.6 Å². The summed E-state index contributed by atoms with van der Waals surface area (Å²) >= 11 is 1.69. The highest BCUT2D eigenvalue weighted by Crippen LogP contribution is 2.24. The molecule has 0 spiro atoms. The molecule has 0 aliphatic heterocycles. The predicted molar refractivity (Wildman–Crippen MR) is 51.5 cm³/mol. The normalized spacial score (nSPS) is 13.1. The van der Waals surface area contributed by atoms with E-state index < -0.39 is 0 Å². The van der Waals surface area contributed by atoms with Gasteiger partial charge in [0.05, 0.1) is 12.2 Å². The van der Waals surface area contributed by atoms with E-state index >= 15 is 0 Å². The average Bonchev–Trinajstić information content (AvgIpc) is 2.72. The number of aryl methyl sites for hydroxylation is 1. The fourth-order valence-electron chi connectivity index (χ4n) is 1.13. The van der Waals surface area contributed by atoms with Crippen molar-refractivity contribution in [1.29, 1.82) is 0 Å². The van der Waals surface area contributed by atoms with Crippen LogP contribution in [0.2, 0.25) is 0 Å². The molecule has 0 aliphatic carbocycles. The first-order valence-corrected chi connectivity index (χ1v) is 4.76. The third kappa shape index (κ3) is 1.61. The van der Waals surface area contributed by atoms with E-state index in [1.807, 2.05) is 6.07 Å². The number of nitrogens with two attached hydrogens (primary N) is 1. The lowest BCUT2D eigenvalue weighted by Crippen LogP contribution is -2.10. The first kappa shape index (κ1) is 8.40. The molecule has 0 aliphatic rings. The molecule has 5 heteroatoms. The van der Waals surface area contributed by atoms with E-state index in [9.17, 15) is 0 Å². The van der Waals surface area contributed by atoms with Crippen LogP contribution in [0.1, 0.15) is 21.5 Å². The molecule has 2 aromatic rings. The number of nitrogens with zero attached hydrogens (tertiary/aromatic N) is 2. The fourth-order valence-corrected chi connectivity index (χ4v) is 2.02. The molecule has 2 aromatic heterocycles. The third-order valence-electron chi connectivity index (χ3n) is 1.82. The molecule has 13 heavy (non-hydrogen) atoms. The quantitative estimate of drug-likeness (QED) is 0.755. The van der Waals surface area contributed by atoms with Crippen molar-refractivity contribution in [1.82, 2.24) is 15.4 Å². The number of H-pyrrole nitrogens is 1. The van der Waals surface area contributed by atoms with Gasteiger partial charge in [-0.05, 0) is 19.1 Å². The van der Waals surface area contributed by atoms with Crippen molar-refractivity contribution in [2.45, 2.75) is 13.0 Å². The predicted octanol–water partition coefficient (Wildman–Crippen LogP) is 1.22. The van der Waals surface area contributed by atoms with E-state index in [0.29, 0.717) is 0 Å². The van der Waals surface area contributed by atoms with E-state index in [1.54, 1.807) is 17.5 Å². The van der Waals surface area contributed by atoms with Crippen molar-refractivity contribution in [3.05, 3.63) is 33.8 Å². The fraction of sp³-hybridized carbons (Fsp3) is 0.250. The number of aromatic nitrogens is 3. The highest BCUT2D eigenvalue weighted by atomic mass is 32.1. The molecule has 68 valence electrons. The smallest absolute Gasteiger partial charge is 0.104 e. The zero-order chi connectivity index (χ0) is 9.26. The highest BCUT2D eigenvalue weighted by Gasteiger charge is 2.12. The Kier molecular flexibility index (Phi) is 2.12. The Bertz CT molecular complexity index is 379. The first-order chi connectivity index (χ1) is 6.27. The maximum Gasteiger partial charge on any atom is 0.104 e. The Balaban J connectivity index is 2.28. The lowest BCUT2D eigenvalue weighted by molar-refractivity contribution is 0.823. The summed E-state index contributed by atoms with van der Waals surface area (Å²) in [6.45, 7) is 2.06. The Morgan fingerprint density at radius 3 is 2.92 bits per heavy atom. The van der Waals surface area contributed by atoms with Crippen molar-refractivity contribution in [2.24, 2.45) is 5.73 Å². The molecule has 1 unspecified atom stereocenters. The van der Waals surface area contributed by atoms with E-state index in [1.165, 1.54) is 4.88 Å². The summed E-state index contributed by atoms with van der Waals surface area (Å²) in [5, 5.41) is 10.2. The van der Waals surface area contributed by atoms with Crippen LogP contribution in [-0.2, 0) is 0 Å². The summed E-state index contributed by atoms with van der Waals surface area (Å²) in [7, 11) is 0. The van der Waals surface area contributed by atoms with Gasteiger partial charge in [-0.15, -0.1) is 11.3 Å². The van der Waals surface area contributed by atoms with Gasteiger partial charge < -0.3 is 5.73 Å². The van der Waals surface area contributed by atoms with Gasteiger partial charge in [0.1, 0.15) is 5.69 Å². The molecule has 0 amide bonds. The number of hydrogen-bond acceptors (Lipinski definition) is 4. The Morgan fingerprint density at radius 1 is 1.54 bits per heavy atom. The summed E-state index contributed by atoms with van der Waals surface area (Å²) in [5.41, 5.74) is 6.74. The molecule has 0 aromatic carbocycles. The Morgan fingerprint density at radius 2 is 2.38 bits per heavy atom. The average molecular weight is 194 g/mol. The van der Waals surface area contributed by atoms with Crippen LogP contribution in [0.4, 0.5) is 0 Å². The molecule has 0 bridgehead atoms. The van der Waals surface area contributed by atoms with Gasteiger partial charge in [-0.3, -0.25) is 0 Å². The van der Waals surface area contributed by atoms with Crippen LogP contribution in [0.25, 0.3) is 0 Å². The second-order valence-electron chi connectivity index (χ2n) is 2.82. The first-order valence-electron chi connectivity index (χ1n) is 3.95. The molecule has 0 saturated heterocycles. The molecule has 3 N–H and O–H groups in total. The summed E-state index contributed by atoms with van der Waals surface area (Å²) in [4.78, 5) is 2.38. The standard InChI is InChI=1S/C8H10N4S/c1-5-2-3-7(13-5)8(9)6-4-10-12-11-6/h2-4,8H,9H2,1H3,(H,10,11,12). The van der Waals surface area contributed by atoms with E-state index in [-0.39, 0.29) is 6.04 Å². The molecule has 2 heterocycles. The second kappa shape index (κ2) is 3.27. The lowest BCUT2D eigenvalue weighted by atomic mass is 10.2. The van der Waals surface area contributed by atoms with Crippen molar-refractivity contribution in [2.75, 3.05) is 0 Å². The van der Waals surface area contributed by atoms with Crippen LogP contribution < -0.4 is 5.73 Å². The molecule has 2 rings (SSSR count). The van der Waals surface area contributed by atoms with Gasteiger partial charge in [-0.1, -0.05) is 0 Å². The molecule has 1 atom stereocenters. The Labute approximate surface area is 79.8 Å². The molecule has 0 radical (unpaired) electrons. The van der Waals surface area contributed by atoms with Crippen molar-refractivity contribution < 1.29 is 0 Å². The topological polar surface area (TPSA) is 67.6 Å². The van der Waals surface area contributed by atoms with Gasteiger partial charge >= 0.3 is 0 Å². The van der Waals surface area contributed by atoms with Crippen LogP contribution in [0.5, 0.6) is 0 Å².